The number of piperidine rings is 1. The maximum absolute atomic E-state index is 13.0. The van der Waals surface area contributed by atoms with Crippen molar-refractivity contribution in [2.45, 2.75) is 18.9 Å². The number of amides is 1. The predicted molar refractivity (Wildman–Crippen MR) is 118 cm³/mol. The third kappa shape index (κ3) is 3.82. The maximum atomic E-state index is 13.0. The second-order valence-electron chi connectivity index (χ2n) is 7.55. The van der Waals surface area contributed by atoms with Crippen LogP contribution in [0.5, 0.6) is 0 Å². The first-order valence-electron chi connectivity index (χ1n) is 10.2. The lowest BCUT2D eigenvalue weighted by Crippen LogP contribution is -2.43. The smallest absolute Gasteiger partial charge is 0.274 e. The Balaban J connectivity index is 1.42. The molecule has 9 nitrogen and oxygen atoms in total. The van der Waals surface area contributed by atoms with Crippen molar-refractivity contribution in [2.75, 3.05) is 23.3 Å². The molecule has 9 heteroatoms. The SMILES string of the molecule is N[C@H]1CCCN(c2ccncc2NC(=O)c2ccnc(-n3ncc4ccccc43)n2)C1. The highest BCUT2D eigenvalue weighted by Gasteiger charge is 2.21. The Morgan fingerprint density at radius 1 is 1.13 bits per heavy atom. The fraction of sp³-hybridized carbons (Fsp3) is 0.227. The third-order valence-corrected chi connectivity index (χ3v) is 5.39. The first-order chi connectivity index (χ1) is 15.2. The summed E-state index contributed by atoms with van der Waals surface area (Å²) in [6.07, 6.45) is 8.70. The van der Waals surface area contributed by atoms with Gasteiger partial charge < -0.3 is 16.0 Å². The summed E-state index contributed by atoms with van der Waals surface area (Å²) in [4.78, 5) is 28.1. The molecule has 4 heterocycles. The van der Waals surface area contributed by atoms with E-state index in [2.05, 4.69) is 30.3 Å². The molecule has 4 aromatic rings. The van der Waals surface area contributed by atoms with Gasteiger partial charge in [-0.2, -0.15) is 9.78 Å². The normalized spacial score (nSPS) is 16.4. The third-order valence-electron chi connectivity index (χ3n) is 5.39. The van der Waals surface area contributed by atoms with Crippen molar-refractivity contribution in [3.63, 3.8) is 0 Å². The highest BCUT2D eigenvalue weighted by molar-refractivity contribution is 6.04. The lowest BCUT2D eigenvalue weighted by molar-refractivity contribution is 0.102. The lowest BCUT2D eigenvalue weighted by Gasteiger charge is -2.33. The zero-order chi connectivity index (χ0) is 21.2. The molecule has 1 aliphatic rings. The first-order valence-corrected chi connectivity index (χ1v) is 10.2. The van der Waals surface area contributed by atoms with Crippen molar-refractivity contribution < 1.29 is 4.79 Å². The standard InChI is InChI=1S/C22H22N8O/c23-16-5-3-11-29(14-16)20-8-9-24-13-18(20)27-21(31)17-7-10-25-22(28-17)30-19-6-2-1-4-15(19)12-26-30/h1-2,4,6-10,12-13,16H,3,5,11,14,23H2,(H,27,31)/t16-/m0/s1. The second-order valence-corrected chi connectivity index (χ2v) is 7.55. The number of hydrogen-bond donors (Lipinski definition) is 2. The summed E-state index contributed by atoms with van der Waals surface area (Å²) >= 11 is 0. The van der Waals surface area contributed by atoms with E-state index in [1.807, 2.05) is 30.3 Å². The summed E-state index contributed by atoms with van der Waals surface area (Å²) in [6.45, 7) is 1.64. The summed E-state index contributed by atoms with van der Waals surface area (Å²) in [7, 11) is 0. The topological polar surface area (TPSA) is 115 Å². The monoisotopic (exact) mass is 414 g/mol. The number of aromatic nitrogens is 5. The van der Waals surface area contributed by atoms with Crippen LogP contribution in [-0.2, 0) is 0 Å². The van der Waals surface area contributed by atoms with Gasteiger partial charge in [0.05, 0.1) is 29.3 Å². The van der Waals surface area contributed by atoms with Crippen LogP contribution in [0.1, 0.15) is 23.3 Å². The molecular formula is C22H22N8O. The van der Waals surface area contributed by atoms with E-state index in [0.717, 1.165) is 42.5 Å². The van der Waals surface area contributed by atoms with Crippen LogP contribution in [0.15, 0.2) is 61.2 Å². The molecule has 0 radical (unpaired) electrons. The van der Waals surface area contributed by atoms with Crippen molar-refractivity contribution in [3.8, 4) is 5.95 Å². The number of nitrogens with one attached hydrogen (secondary N) is 1. The van der Waals surface area contributed by atoms with Crippen molar-refractivity contribution >= 4 is 28.2 Å². The summed E-state index contributed by atoms with van der Waals surface area (Å²) in [6, 6.07) is 11.4. The van der Waals surface area contributed by atoms with Gasteiger partial charge in [-0.05, 0) is 31.0 Å². The fourth-order valence-electron chi connectivity index (χ4n) is 3.88. The van der Waals surface area contributed by atoms with E-state index in [4.69, 9.17) is 5.73 Å². The van der Waals surface area contributed by atoms with Crippen LogP contribution in [0.4, 0.5) is 11.4 Å². The largest absolute Gasteiger partial charge is 0.368 e. The molecule has 0 spiro atoms. The van der Waals surface area contributed by atoms with E-state index in [9.17, 15) is 4.79 Å². The first kappa shape index (κ1) is 19.1. The molecular weight excluding hydrogens is 392 g/mol. The highest BCUT2D eigenvalue weighted by Crippen LogP contribution is 2.27. The molecule has 1 aliphatic heterocycles. The molecule has 1 fully saturated rings. The molecule has 0 saturated carbocycles. The Morgan fingerprint density at radius 2 is 2.03 bits per heavy atom. The van der Waals surface area contributed by atoms with Crippen LogP contribution in [0.3, 0.4) is 0 Å². The van der Waals surface area contributed by atoms with Gasteiger partial charge >= 0.3 is 0 Å². The van der Waals surface area contributed by atoms with Crippen LogP contribution in [-0.4, -0.2) is 49.8 Å². The Bertz CT molecular complexity index is 1240. The molecule has 5 rings (SSSR count). The molecule has 31 heavy (non-hydrogen) atoms. The molecule has 1 aromatic carbocycles. The number of benzene rings is 1. The van der Waals surface area contributed by atoms with Crippen molar-refractivity contribution in [3.05, 3.63) is 66.9 Å². The van der Waals surface area contributed by atoms with Crippen LogP contribution in [0.2, 0.25) is 0 Å². The van der Waals surface area contributed by atoms with Gasteiger partial charge in [0.1, 0.15) is 5.69 Å². The van der Waals surface area contributed by atoms with E-state index >= 15 is 0 Å². The predicted octanol–water partition coefficient (Wildman–Crippen LogP) is 2.39. The van der Waals surface area contributed by atoms with Crippen LogP contribution >= 0.6 is 0 Å². The van der Waals surface area contributed by atoms with E-state index < -0.39 is 0 Å². The van der Waals surface area contributed by atoms with Crippen LogP contribution in [0.25, 0.3) is 16.9 Å². The Hall–Kier alpha value is -3.85. The van der Waals surface area contributed by atoms with Gasteiger partial charge in [-0.1, -0.05) is 18.2 Å². The van der Waals surface area contributed by atoms with E-state index in [1.54, 1.807) is 35.5 Å². The minimum absolute atomic E-state index is 0.124. The quantitative estimate of drug-likeness (QED) is 0.527. The second kappa shape index (κ2) is 8.11. The molecule has 3 aromatic heterocycles. The number of nitrogens with zero attached hydrogens (tertiary/aromatic N) is 6. The molecule has 1 saturated heterocycles. The molecule has 156 valence electrons. The lowest BCUT2D eigenvalue weighted by atomic mass is 10.1. The minimum atomic E-state index is -0.337. The van der Waals surface area contributed by atoms with Crippen molar-refractivity contribution in [1.29, 1.82) is 0 Å². The van der Waals surface area contributed by atoms with Crippen LogP contribution < -0.4 is 16.0 Å². The van der Waals surface area contributed by atoms with E-state index in [-0.39, 0.29) is 17.6 Å². The molecule has 1 amide bonds. The molecule has 0 unspecified atom stereocenters. The van der Waals surface area contributed by atoms with Gasteiger partial charge in [-0.3, -0.25) is 9.78 Å². The van der Waals surface area contributed by atoms with Crippen LogP contribution in [0, 0.1) is 0 Å². The zero-order valence-corrected chi connectivity index (χ0v) is 16.8. The number of fused-ring (bicyclic) bond motifs is 1. The van der Waals surface area contributed by atoms with Gasteiger partial charge in [-0.15, -0.1) is 0 Å². The van der Waals surface area contributed by atoms with E-state index in [0.29, 0.717) is 11.6 Å². The number of pyridine rings is 1. The van der Waals surface area contributed by atoms with Crippen molar-refractivity contribution in [1.82, 2.24) is 24.7 Å². The number of carbonyl (C=O) groups is 1. The highest BCUT2D eigenvalue weighted by atomic mass is 16.1. The Morgan fingerprint density at radius 3 is 2.94 bits per heavy atom. The Labute approximate surface area is 178 Å². The molecule has 0 aliphatic carbocycles. The summed E-state index contributed by atoms with van der Waals surface area (Å²) in [5.74, 6) is -0.00191. The van der Waals surface area contributed by atoms with Gasteiger partial charge in [0.25, 0.3) is 11.9 Å². The molecule has 3 N–H and O–H groups in total. The zero-order valence-electron chi connectivity index (χ0n) is 16.8. The minimum Gasteiger partial charge on any atom is -0.368 e. The number of para-hydroxylation sites is 1. The maximum Gasteiger partial charge on any atom is 0.274 e. The van der Waals surface area contributed by atoms with Gasteiger partial charge in [0.2, 0.25) is 0 Å². The van der Waals surface area contributed by atoms with E-state index in [1.165, 1.54) is 0 Å². The molecule has 0 bridgehead atoms. The number of carbonyl (C=O) groups excluding carboxylic acids is 1. The Kier molecular flexibility index (Phi) is 5.01. The van der Waals surface area contributed by atoms with Gasteiger partial charge in [-0.25, -0.2) is 9.97 Å². The number of nitrogens with two attached hydrogens (primary N) is 1. The number of rotatable bonds is 4. The summed E-state index contributed by atoms with van der Waals surface area (Å²) < 4.78 is 1.62. The summed E-state index contributed by atoms with van der Waals surface area (Å²) in [5, 5.41) is 8.28. The van der Waals surface area contributed by atoms with Crippen molar-refractivity contribution in [2.24, 2.45) is 5.73 Å². The summed E-state index contributed by atoms with van der Waals surface area (Å²) in [5.41, 5.74) is 8.79. The van der Waals surface area contributed by atoms with Gasteiger partial charge in [0.15, 0.2) is 0 Å². The fourth-order valence-corrected chi connectivity index (χ4v) is 3.88. The average Bonchev–Trinajstić information content (AvgIpc) is 3.24. The number of hydrogen-bond acceptors (Lipinski definition) is 7. The average molecular weight is 414 g/mol. The molecule has 1 atom stereocenters. The van der Waals surface area contributed by atoms with Gasteiger partial charge in [0, 0.05) is 36.9 Å². The number of anilines is 2.